The minimum atomic E-state index is -1.48. The topological polar surface area (TPSA) is 30.5 Å². The Labute approximate surface area is 112 Å². The highest BCUT2D eigenvalue weighted by molar-refractivity contribution is 6.44. The maximum absolute atomic E-state index is 5.68. The van der Waals surface area contributed by atoms with Crippen LogP contribution in [0.4, 0.5) is 0 Å². The standard InChI is InChI=1S/C14H25NO2Si/c1-4-16-18(17-5-2)12-13(3)15-11-14-9-7-6-8-10-14/h6-10,13,15,18H,4-5,11-12H2,1-3H3. The summed E-state index contributed by atoms with van der Waals surface area (Å²) >= 11 is 0. The minimum Gasteiger partial charge on any atom is -0.397 e. The fraction of sp³-hybridized carbons (Fsp3) is 0.571. The van der Waals surface area contributed by atoms with Crippen LogP contribution in [-0.4, -0.2) is 28.5 Å². The molecule has 0 saturated carbocycles. The fourth-order valence-corrected chi connectivity index (χ4v) is 3.67. The van der Waals surface area contributed by atoms with E-state index in [1.807, 2.05) is 19.9 Å². The number of hydrogen-bond acceptors (Lipinski definition) is 3. The molecule has 0 aliphatic heterocycles. The Bertz CT molecular complexity index is 302. The summed E-state index contributed by atoms with van der Waals surface area (Å²) < 4.78 is 11.4. The second-order valence-corrected chi connectivity index (χ2v) is 6.34. The quantitative estimate of drug-likeness (QED) is 0.697. The van der Waals surface area contributed by atoms with Gasteiger partial charge in [-0.15, -0.1) is 0 Å². The summed E-state index contributed by atoms with van der Waals surface area (Å²) in [4.78, 5) is 0. The molecule has 4 heteroatoms. The van der Waals surface area contributed by atoms with Gasteiger partial charge in [0.25, 0.3) is 0 Å². The van der Waals surface area contributed by atoms with Gasteiger partial charge in [-0.25, -0.2) is 0 Å². The Morgan fingerprint density at radius 1 is 1.11 bits per heavy atom. The van der Waals surface area contributed by atoms with Gasteiger partial charge < -0.3 is 14.2 Å². The van der Waals surface area contributed by atoms with Crippen LogP contribution in [-0.2, 0) is 15.4 Å². The average Bonchev–Trinajstić information content (AvgIpc) is 2.38. The molecule has 0 radical (unpaired) electrons. The smallest absolute Gasteiger partial charge is 0.322 e. The number of rotatable bonds is 9. The highest BCUT2D eigenvalue weighted by atomic mass is 28.3. The average molecular weight is 267 g/mol. The van der Waals surface area contributed by atoms with Gasteiger partial charge in [-0.05, 0) is 26.3 Å². The molecule has 1 N–H and O–H groups in total. The van der Waals surface area contributed by atoms with Crippen LogP contribution in [0.3, 0.4) is 0 Å². The van der Waals surface area contributed by atoms with Gasteiger partial charge >= 0.3 is 9.28 Å². The molecule has 0 heterocycles. The molecular formula is C14H25NO2Si. The second kappa shape index (κ2) is 9.27. The predicted molar refractivity (Wildman–Crippen MR) is 78.0 cm³/mol. The molecule has 1 aromatic rings. The third-order valence-electron chi connectivity index (χ3n) is 2.75. The van der Waals surface area contributed by atoms with Crippen molar-refractivity contribution in [1.82, 2.24) is 5.32 Å². The van der Waals surface area contributed by atoms with Crippen molar-refractivity contribution in [1.29, 1.82) is 0 Å². The van der Waals surface area contributed by atoms with Gasteiger partial charge in [0.1, 0.15) is 0 Å². The summed E-state index contributed by atoms with van der Waals surface area (Å²) in [7, 11) is -1.48. The van der Waals surface area contributed by atoms with E-state index in [1.54, 1.807) is 0 Å². The molecule has 0 saturated heterocycles. The monoisotopic (exact) mass is 267 g/mol. The summed E-state index contributed by atoms with van der Waals surface area (Å²) in [5, 5.41) is 3.52. The zero-order valence-corrected chi connectivity index (χ0v) is 12.8. The van der Waals surface area contributed by atoms with Crippen LogP contribution >= 0.6 is 0 Å². The van der Waals surface area contributed by atoms with Gasteiger partial charge in [0.05, 0.1) is 0 Å². The molecule has 0 aliphatic rings. The summed E-state index contributed by atoms with van der Waals surface area (Å²) in [6.45, 7) is 8.66. The lowest BCUT2D eigenvalue weighted by Gasteiger charge is -2.20. The number of benzene rings is 1. The molecule has 1 unspecified atom stereocenters. The number of hydrogen-bond donors (Lipinski definition) is 1. The van der Waals surface area contributed by atoms with E-state index in [-0.39, 0.29) is 0 Å². The zero-order chi connectivity index (χ0) is 13.2. The summed E-state index contributed by atoms with van der Waals surface area (Å²) in [5.74, 6) is 0. The molecule has 3 nitrogen and oxygen atoms in total. The van der Waals surface area contributed by atoms with Gasteiger partial charge in [-0.3, -0.25) is 0 Å². The maximum Gasteiger partial charge on any atom is 0.322 e. The van der Waals surface area contributed by atoms with E-state index >= 15 is 0 Å². The molecule has 0 bridgehead atoms. The lowest BCUT2D eigenvalue weighted by atomic mass is 10.2. The normalized spacial score (nSPS) is 12.9. The van der Waals surface area contributed by atoms with Crippen molar-refractivity contribution in [2.75, 3.05) is 13.2 Å². The van der Waals surface area contributed by atoms with Gasteiger partial charge in [0, 0.05) is 31.8 Å². The van der Waals surface area contributed by atoms with E-state index in [1.165, 1.54) is 5.56 Å². The van der Waals surface area contributed by atoms with E-state index in [2.05, 4.69) is 36.5 Å². The summed E-state index contributed by atoms with van der Waals surface area (Å²) in [6, 6.07) is 11.9. The third kappa shape index (κ3) is 6.30. The van der Waals surface area contributed by atoms with E-state index in [4.69, 9.17) is 8.85 Å². The first-order chi connectivity index (χ1) is 8.76. The Balaban J connectivity index is 2.29. The molecule has 0 fully saturated rings. The third-order valence-corrected chi connectivity index (χ3v) is 5.25. The van der Waals surface area contributed by atoms with E-state index in [9.17, 15) is 0 Å². The van der Waals surface area contributed by atoms with Gasteiger partial charge in [0.15, 0.2) is 0 Å². The first-order valence-corrected chi connectivity index (χ1v) is 8.52. The highest BCUT2D eigenvalue weighted by Gasteiger charge is 2.16. The van der Waals surface area contributed by atoms with Crippen molar-refractivity contribution < 1.29 is 8.85 Å². The molecule has 1 atom stereocenters. The Hall–Kier alpha value is -0.683. The van der Waals surface area contributed by atoms with E-state index < -0.39 is 9.28 Å². The molecule has 0 amide bonds. The van der Waals surface area contributed by atoms with Crippen LogP contribution in [0.1, 0.15) is 26.3 Å². The lowest BCUT2D eigenvalue weighted by molar-refractivity contribution is 0.210. The minimum absolute atomic E-state index is 0.431. The molecule has 0 aromatic heterocycles. The van der Waals surface area contributed by atoms with Crippen molar-refractivity contribution in [2.24, 2.45) is 0 Å². The van der Waals surface area contributed by atoms with Crippen molar-refractivity contribution in [3.05, 3.63) is 35.9 Å². The van der Waals surface area contributed by atoms with Crippen molar-refractivity contribution in [3.63, 3.8) is 0 Å². The highest BCUT2D eigenvalue weighted by Crippen LogP contribution is 2.04. The summed E-state index contributed by atoms with van der Waals surface area (Å²) in [5.41, 5.74) is 1.32. The molecule has 0 aliphatic carbocycles. The lowest BCUT2D eigenvalue weighted by Crippen LogP contribution is -2.34. The van der Waals surface area contributed by atoms with Crippen LogP contribution in [0.2, 0.25) is 6.04 Å². The Kier molecular flexibility index (Phi) is 7.92. The van der Waals surface area contributed by atoms with Crippen LogP contribution < -0.4 is 5.32 Å². The van der Waals surface area contributed by atoms with Crippen molar-refractivity contribution in [3.8, 4) is 0 Å². The maximum atomic E-state index is 5.68. The molecular weight excluding hydrogens is 242 g/mol. The number of nitrogens with one attached hydrogen (secondary N) is 1. The van der Waals surface area contributed by atoms with E-state index in [0.29, 0.717) is 6.04 Å². The molecule has 1 aromatic carbocycles. The van der Waals surface area contributed by atoms with Gasteiger partial charge in [-0.2, -0.15) is 0 Å². The second-order valence-electron chi connectivity index (χ2n) is 4.34. The van der Waals surface area contributed by atoms with Crippen molar-refractivity contribution >= 4 is 9.28 Å². The van der Waals surface area contributed by atoms with Crippen LogP contribution in [0.15, 0.2) is 30.3 Å². The predicted octanol–water partition coefficient (Wildman–Crippen LogP) is 2.46. The SMILES string of the molecule is CCO[SiH](CC(C)NCc1ccccc1)OCC. The zero-order valence-electron chi connectivity index (χ0n) is 11.7. The van der Waals surface area contributed by atoms with Crippen LogP contribution in [0.25, 0.3) is 0 Å². The first kappa shape index (κ1) is 15.4. The largest absolute Gasteiger partial charge is 0.397 e. The van der Waals surface area contributed by atoms with Crippen molar-refractivity contribution in [2.45, 2.75) is 39.4 Å². The molecule has 102 valence electrons. The van der Waals surface area contributed by atoms with E-state index in [0.717, 1.165) is 25.8 Å². The van der Waals surface area contributed by atoms with Gasteiger partial charge in [-0.1, -0.05) is 30.3 Å². The Morgan fingerprint density at radius 2 is 1.72 bits per heavy atom. The molecule has 1 rings (SSSR count). The first-order valence-electron chi connectivity index (χ1n) is 6.76. The fourth-order valence-electron chi connectivity index (χ4n) is 1.82. The van der Waals surface area contributed by atoms with Crippen LogP contribution in [0.5, 0.6) is 0 Å². The Morgan fingerprint density at radius 3 is 2.28 bits per heavy atom. The molecule has 18 heavy (non-hydrogen) atoms. The van der Waals surface area contributed by atoms with Crippen LogP contribution in [0, 0.1) is 0 Å². The van der Waals surface area contributed by atoms with Gasteiger partial charge in [0.2, 0.25) is 0 Å². The summed E-state index contributed by atoms with van der Waals surface area (Å²) in [6.07, 6.45) is 0. The molecule has 0 spiro atoms.